The number of hydrogen-bond donors (Lipinski definition) is 0. The molecule has 0 aromatic heterocycles. The lowest BCUT2D eigenvalue weighted by atomic mass is 9.84. The summed E-state index contributed by atoms with van der Waals surface area (Å²) in [6.45, 7) is 0. The molecule has 1 aromatic rings. The number of hydrogen-bond acceptors (Lipinski definition) is 3. The number of ether oxygens (including phenoxy) is 1. The maximum absolute atomic E-state index is 11.9. The Morgan fingerprint density at radius 2 is 2.32 bits per heavy atom. The molecule has 1 aromatic carbocycles. The number of carbonyl (C=O) groups is 1. The largest absolute Gasteiger partial charge is 0.495 e. The Balaban J connectivity index is 2.13. The van der Waals surface area contributed by atoms with Crippen LogP contribution < -0.4 is 4.74 Å². The molecule has 1 unspecified atom stereocenters. The van der Waals surface area contributed by atoms with Gasteiger partial charge in [0.15, 0.2) is 0 Å². The molecule has 0 saturated carbocycles. The highest BCUT2D eigenvalue weighted by atomic mass is 35.5. The Kier molecular flexibility index (Phi) is 4.24. The first-order chi connectivity index (χ1) is 9.13. The molecular weight excluding hydrogens is 262 g/mol. The van der Waals surface area contributed by atoms with Crippen molar-refractivity contribution in [2.45, 2.75) is 19.3 Å². The number of nitrogens with zero attached hydrogens (tertiary/aromatic N) is 1. The first-order valence-electron chi connectivity index (χ1n) is 6.08. The quantitative estimate of drug-likeness (QED) is 0.850. The van der Waals surface area contributed by atoms with Crippen LogP contribution in [0.15, 0.2) is 29.8 Å². The zero-order valence-corrected chi connectivity index (χ0v) is 11.4. The van der Waals surface area contributed by atoms with E-state index in [4.69, 9.17) is 21.6 Å². The van der Waals surface area contributed by atoms with Gasteiger partial charge in [0, 0.05) is 17.9 Å². The maximum Gasteiger partial charge on any atom is 0.140 e. The van der Waals surface area contributed by atoms with Crippen molar-refractivity contribution in [1.29, 1.82) is 5.26 Å². The maximum atomic E-state index is 11.9. The molecule has 2 rings (SSSR count). The fourth-order valence-electron chi connectivity index (χ4n) is 2.25. The van der Waals surface area contributed by atoms with Gasteiger partial charge >= 0.3 is 0 Å². The van der Waals surface area contributed by atoms with Crippen LogP contribution in [0, 0.1) is 17.2 Å². The number of Topliss-reactive ketones (excluding diaryl/α,β-unsaturated/α-hetero) is 1. The molecule has 4 heteroatoms. The Hall–Kier alpha value is -1.79. The van der Waals surface area contributed by atoms with E-state index in [1.807, 2.05) is 12.1 Å². The van der Waals surface area contributed by atoms with Crippen LogP contribution in [-0.4, -0.2) is 12.9 Å². The van der Waals surface area contributed by atoms with E-state index < -0.39 is 0 Å². The van der Waals surface area contributed by atoms with Gasteiger partial charge in [-0.15, -0.1) is 0 Å². The van der Waals surface area contributed by atoms with Crippen LogP contribution in [0.3, 0.4) is 0 Å². The second-order valence-corrected chi connectivity index (χ2v) is 4.99. The van der Waals surface area contributed by atoms with Crippen molar-refractivity contribution in [1.82, 2.24) is 0 Å². The van der Waals surface area contributed by atoms with Crippen LogP contribution in [0.25, 0.3) is 0 Å². The molecule has 0 saturated heterocycles. The van der Waals surface area contributed by atoms with E-state index in [9.17, 15) is 4.79 Å². The van der Waals surface area contributed by atoms with Crippen LogP contribution in [0.1, 0.15) is 18.4 Å². The molecule has 1 atom stereocenters. The fourth-order valence-corrected chi connectivity index (χ4v) is 2.53. The molecule has 98 valence electrons. The molecule has 19 heavy (non-hydrogen) atoms. The second-order valence-electron chi connectivity index (χ2n) is 4.59. The zero-order chi connectivity index (χ0) is 13.8. The Morgan fingerprint density at radius 1 is 1.53 bits per heavy atom. The van der Waals surface area contributed by atoms with E-state index in [-0.39, 0.29) is 11.7 Å². The number of nitriles is 1. The van der Waals surface area contributed by atoms with E-state index >= 15 is 0 Å². The zero-order valence-electron chi connectivity index (χ0n) is 10.6. The standard InChI is InChI=1S/C15H14ClNO2/c1-19-15-5-3-10(8-13(15)16)6-12-7-11(9-17)2-4-14(12)18/h2-3,5,8,12H,4,6-7H2,1H3. The van der Waals surface area contributed by atoms with E-state index in [2.05, 4.69) is 6.07 Å². The highest BCUT2D eigenvalue weighted by molar-refractivity contribution is 6.32. The van der Waals surface area contributed by atoms with Crippen LogP contribution in [0.4, 0.5) is 0 Å². The Bertz CT molecular complexity index is 572. The van der Waals surface area contributed by atoms with Gasteiger partial charge in [0.25, 0.3) is 0 Å². The van der Waals surface area contributed by atoms with Gasteiger partial charge in [0.2, 0.25) is 0 Å². The van der Waals surface area contributed by atoms with Crippen molar-refractivity contribution in [2.24, 2.45) is 5.92 Å². The minimum absolute atomic E-state index is 0.121. The lowest BCUT2D eigenvalue weighted by Crippen LogP contribution is -2.20. The molecule has 0 N–H and O–H groups in total. The predicted octanol–water partition coefficient (Wildman–Crippen LogP) is 3.32. The topological polar surface area (TPSA) is 50.1 Å². The van der Waals surface area contributed by atoms with E-state index in [1.54, 1.807) is 19.3 Å². The summed E-state index contributed by atoms with van der Waals surface area (Å²) in [6, 6.07) is 7.65. The summed E-state index contributed by atoms with van der Waals surface area (Å²) in [7, 11) is 1.57. The summed E-state index contributed by atoms with van der Waals surface area (Å²) < 4.78 is 5.09. The van der Waals surface area contributed by atoms with Gasteiger partial charge in [-0.25, -0.2) is 0 Å². The Morgan fingerprint density at radius 3 is 2.95 bits per heavy atom. The smallest absolute Gasteiger partial charge is 0.140 e. The highest BCUT2D eigenvalue weighted by Gasteiger charge is 2.23. The number of halogens is 1. The molecule has 0 aliphatic heterocycles. The summed E-state index contributed by atoms with van der Waals surface area (Å²) in [5.41, 5.74) is 1.69. The van der Waals surface area contributed by atoms with Gasteiger partial charge in [-0.2, -0.15) is 5.26 Å². The second kappa shape index (κ2) is 5.90. The van der Waals surface area contributed by atoms with E-state index in [1.165, 1.54) is 0 Å². The Labute approximate surface area is 117 Å². The van der Waals surface area contributed by atoms with Crippen LogP contribution >= 0.6 is 11.6 Å². The van der Waals surface area contributed by atoms with Crippen molar-refractivity contribution in [3.63, 3.8) is 0 Å². The average molecular weight is 276 g/mol. The molecule has 0 spiro atoms. The van der Waals surface area contributed by atoms with Crippen molar-refractivity contribution in [3.8, 4) is 11.8 Å². The van der Waals surface area contributed by atoms with Crippen LogP contribution in [0.5, 0.6) is 5.75 Å². The van der Waals surface area contributed by atoms with E-state index in [0.717, 1.165) is 5.56 Å². The molecule has 1 aliphatic carbocycles. The summed E-state index contributed by atoms with van der Waals surface area (Å²) in [5.74, 6) is 0.688. The molecular formula is C15H14ClNO2. The number of rotatable bonds is 3. The normalized spacial score (nSPS) is 18.7. The van der Waals surface area contributed by atoms with Crippen LogP contribution in [0.2, 0.25) is 5.02 Å². The van der Waals surface area contributed by atoms with Crippen molar-refractivity contribution in [3.05, 3.63) is 40.4 Å². The minimum Gasteiger partial charge on any atom is -0.495 e. The first kappa shape index (κ1) is 13.6. The predicted molar refractivity (Wildman–Crippen MR) is 73.1 cm³/mol. The molecule has 3 nitrogen and oxygen atoms in total. The first-order valence-corrected chi connectivity index (χ1v) is 6.46. The number of benzene rings is 1. The molecule has 0 heterocycles. The van der Waals surface area contributed by atoms with Crippen molar-refractivity contribution >= 4 is 17.4 Å². The number of carbonyl (C=O) groups excluding carboxylic acids is 1. The molecule has 0 bridgehead atoms. The SMILES string of the molecule is COc1ccc(CC2CC(C#N)=CCC2=O)cc1Cl. The van der Waals surface area contributed by atoms with Crippen molar-refractivity contribution in [2.75, 3.05) is 7.11 Å². The van der Waals surface area contributed by atoms with E-state index in [0.29, 0.717) is 35.6 Å². The fraction of sp³-hybridized carbons (Fsp3) is 0.333. The van der Waals surface area contributed by atoms with Gasteiger partial charge in [-0.3, -0.25) is 4.79 Å². The van der Waals surface area contributed by atoms with Gasteiger partial charge in [0.05, 0.1) is 18.2 Å². The number of allylic oxidation sites excluding steroid dienone is 2. The van der Waals surface area contributed by atoms with Gasteiger partial charge in [-0.05, 0) is 30.5 Å². The third-order valence-electron chi connectivity index (χ3n) is 3.31. The minimum atomic E-state index is -0.121. The lowest BCUT2D eigenvalue weighted by Gasteiger charge is -2.19. The number of methoxy groups -OCH3 is 1. The third-order valence-corrected chi connectivity index (χ3v) is 3.61. The molecule has 0 radical (unpaired) electrons. The van der Waals surface area contributed by atoms with Crippen LogP contribution in [-0.2, 0) is 11.2 Å². The summed E-state index contributed by atoms with van der Waals surface area (Å²) in [5, 5.41) is 9.45. The molecule has 1 aliphatic rings. The molecule has 0 amide bonds. The summed E-state index contributed by atoms with van der Waals surface area (Å²) in [6.07, 6.45) is 3.22. The van der Waals surface area contributed by atoms with Gasteiger partial charge < -0.3 is 4.74 Å². The van der Waals surface area contributed by atoms with Gasteiger partial charge in [-0.1, -0.05) is 23.7 Å². The summed E-state index contributed by atoms with van der Waals surface area (Å²) in [4.78, 5) is 11.9. The monoisotopic (exact) mass is 275 g/mol. The molecule has 0 fully saturated rings. The lowest BCUT2D eigenvalue weighted by molar-refractivity contribution is -0.122. The average Bonchev–Trinajstić information content (AvgIpc) is 2.41. The van der Waals surface area contributed by atoms with Crippen molar-refractivity contribution < 1.29 is 9.53 Å². The summed E-state index contributed by atoms with van der Waals surface area (Å²) >= 11 is 6.07. The van der Waals surface area contributed by atoms with Gasteiger partial charge in [0.1, 0.15) is 11.5 Å². The number of ketones is 1. The third kappa shape index (κ3) is 3.15. The highest BCUT2D eigenvalue weighted by Crippen LogP contribution is 2.29.